The molecule has 3 heterocycles. The number of piperazine rings is 1. The van der Waals surface area contributed by atoms with Gasteiger partial charge in [-0.1, -0.05) is 11.2 Å². The van der Waals surface area contributed by atoms with Crippen LogP contribution < -0.4 is 15.5 Å². The number of hydrogen-bond donors (Lipinski definition) is 2. The van der Waals surface area contributed by atoms with Crippen molar-refractivity contribution < 1.29 is 14.1 Å². The Bertz CT molecular complexity index is 1480. The van der Waals surface area contributed by atoms with Crippen molar-refractivity contribution in [2.75, 3.05) is 48.8 Å². The third-order valence-electron chi connectivity index (χ3n) is 6.74. The number of aryl methyl sites for hydroxylation is 3. The van der Waals surface area contributed by atoms with E-state index in [1.54, 1.807) is 25.3 Å². The van der Waals surface area contributed by atoms with Crippen molar-refractivity contribution in [3.8, 4) is 5.69 Å². The van der Waals surface area contributed by atoms with E-state index in [1.165, 1.54) is 0 Å². The van der Waals surface area contributed by atoms with Crippen molar-refractivity contribution in [2.24, 2.45) is 0 Å². The number of likely N-dealkylation sites (N-methyl/N-ethyl adjacent to an activating group) is 1. The first kappa shape index (κ1) is 25.2. The predicted octanol–water partition coefficient (Wildman–Crippen LogP) is 4.04. The Labute approximate surface area is 221 Å². The largest absolute Gasteiger partial charge is 0.369 e. The Morgan fingerprint density at radius 2 is 1.66 bits per heavy atom. The van der Waals surface area contributed by atoms with E-state index in [0.29, 0.717) is 22.7 Å². The molecule has 2 amide bonds. The standard InChI is InChI=1S/C28H31N7O3/c1-18-5-6-22(16-25(18)31-28(37)26-13-19(2)38-32-26)30-27(36)21-14-23(34-11-9-33(4)10-12-34)17-24(15-21)35-8-7-29-20(35)3/h5-8,13-17H,9-12H2,1-4H3,(H,30,36)(H,31,37). The van der Waals surface area contributed by atoms with Gasteiger partial charge in [0.1, 0.15) is 11.6 Å². The lowest BCUT2D eigenvalue weighted by Crippen LogP contribution is -2.44. The number of nitrogens with zero attached hydrogens (tertiary/aromatic N) is 5. The van der Waals surface area contributed by atoms with Crippen molar-refractivity contribution in [3.05, 3.63) is 83.3 Å². The fourth-order valence-electron chi connectivity index (χ4n) is 4.46. The van der Waals surface area contributed by atoms with Gasteiger partial charge in [-0.2, -0.15) is 0 Å². The van der Waals surface area contributed by atoms with Crippen LogP contribution in [0.3, 0.4) is 0 Å². The van der Waals surface area contributed by atoms with E-state index in [9.17, 15) is 9.59 Å². The second-order valence-electron chi connectivity index (χ2n) is 9.63. The zero-order valence-corrected chi connectivity index (χ0v) is 22.0. The number of rotatable bonds is 6. The average molecular weight is 514 g/mol. The molecule has 1 aliphatic rings. The highest BCUT2D eigenvalue weighted by atomic mass is 16.5. The second-order valence-corrected chi connectivity index (χ2v) is 9.63. The number of benzene rings is 2. The van der Waals surface area contributed by atoms with Crippen LogP contribution in [0, 0.1) is 20.8 Å². The summed E-state index contributed by atoms with van der Waals surface area (Å²) in [5, 5.41) is 9.61. The molecular weight excluding hydrogens is 482 g/mol. The van der Waals surface area contributed by atoms with Gasteiger partial charge >= 0.3 is 0 Å². The Kier molecular flexibility index (Phi) is 6.97. The minimum atomic E-state index is -0.381. The summed E-state index contributed by atoms with van der Waals surface area (Å²) in [4.78, 5) is 35.0. The summed E-state index contributed by atoms with van der Waals surface area (Å²) in [7, 11) is 2.12. The first-order chi connectivity index (χ1) is 18.3. The number of nitrogens with one attached hydrogen (secondary N) is 2. The van der Waals surface area contributed by atoms with Crippen LogP contribution in [0.15, 0.2) is 59.4 Å². The first-order valence-corrected chi connectivity index (χ1v) is 12.5. The van der Waals surface area contributed by atoms with Gasteiger partial charge in [0, 0.05) is 73.0 Å². The molecule has 0 bridgehead atoms. The molecule has 1 saturated heterocycles. The monoisotopic (exact) mass is 513 g/mol. The van der Waals surface area contributed by atoms with Crippen LogP contribution in [0.2, 0.25) is 0 Å². The zero-order valence-electron chi connectivity index (χ0n) is 22.0. The molecule has 2 N–H and O–H groups in total. The van der Waals surface area contributed by atoms with Gasteiger partial charge < -0.3 is 29.5 Å². The normalized spacial score (nSPS) is 13.9. The van der Waals surface area contributed by atoms with Gasteiger partial charge in [0.25, 0.3) is 11.8 Å². The molecule has 1 aliphatic heterocycles. The lowest BCUT2D eigenvalue weighted by Gasteiger charge is -2.34. The Hall–Kier alpha value is -4.44. The number of amides is 2. The molecule has 4 aromatic rings. The van der Waals surface area contributed by atoms with E-state index in [4.69, 9.17) is 4.52 Å². The lowest BCUT2D eigenvalue weighted by molar-refractivity contribution is 0.101. The quantitative estimate of drug-likeness (QED) is 0.401. The minimum absolute atomic E-state index is 0.194. The molecule has 2 aromatic carbocycles. The van der Waals surface area contributed by atoms with Crippen LogP contribution in [0.25, 0.3) is 5.69 Å². The van der Waals surface area contributed by atoms with Crippen LogP contribution in [-0.2, 0) is 0 Å². The van der Waals surface area contributed by atoms with E-state index >= 15 is 0 Å². The van der Waals surface area contributed by atoms with Gasteiger partial charge in [-0.25, -0.2) is 4.98 Å². The third-order valence-corrected chi connectivity index (χ3v) is 6.74. The smallest absolute Gasteiger partial charge is 0.277 e. The van der Waals surface area contributed by atoms with Gasteiger partial charge in [-0.05, 0) is 63.7 Å². The van der Waals surface area contributed by atoms with Gasteiger partial charge in [-0.15, -0.1) is 0 Å². The molecule has 10 heteroatoms. The zero-order chi connectivity index (χ0) is 26.8. The summed E-state index contributed by atoms with van der Waals surface area (Å²) >= 11 is 0. The number of aromatic nitrogens is 3. The molecule has 5 rings (SSSR count). The predicted molar refractivity (Wildman–Crippen MR) is 146 cm³/mol. The molecule has 0 atom stereocenters. The third kappa shape index (κ3) is 5.45. The summed E-state index contributed by atoms with van der Waals surface area (Å²) in [5.74, 6) is 0.770. The number of hydrogen-bond acceptors (Lipinski definition) is 7. The Balaban J connectivity index is 1.41. The van der Waals surface area contributed by atoms with Crippen LogP contribution in [-0.4, -0.2) is 64.6 Å². The molecule has 196 valence electrons. The molecule has 38 heavy (non-hydrogen) atoms. The molecular formula is C28H31N7O3. The maximum atomic E-state index is 13.5. The van der Waals surface area contributed by atoms with Gasteiger partial charge in [0.2, 0.25) is 0 Å². The maximum absolute atomic E-state index is 13.5. The highest BCUT2D eigenvalue weighted by molar-refractivity contribution is 6.06. The van der Waals surface area contributed by atoms with Crippen LogP contribution in [0.5, 0.6) is 0 Å². The second kappa shape index (κ2) is 10.5. The molecule has 0 aliphatic carbocycles. The van der Waals surface area contributed by atoms with E-state index in [0.717, 1.165) is 48.9 Å². The SMILES string of the molecule is Cc1cc(C(=O)Nc2cc(NC(=O)c3cc(N4CCN(C)CC4)cc(-n4ccnc4C)c3)ccc2C)no1. The molecule has 0 radical (unpaired) electrons. The topological polar surface area (TPSA) is 109 Å². The molecule has 0 unspecified atom stereocenters. The number of carbonyl (C=O) groups is 2. The summed E-state index contributed by atoms with van der Waals surface area (Å²) in [6, 6.07) is 12.9. The highest BCUT2D eigenvalue weighted by Gasteiger charge is 2.19. The van der Waals surface area contributed by atoms with Crippen molar-refractivity contribution in [1.29, 1.82) is 0 Å². The number of imidazole rings is 1. The average Bonchev–Trinajstić information content (AvgIpc) is 3.54. The minimum Gasteiger partial charge on any atom is -0.369 e. The van der Waals surface area contributed by atoms with Crippen molar-refractivity contribution in [1.82, 2.24) is 19.6 Å². The van der Waals surface area contributed by atoms with Crippen LogP contribution in [0.4, 0.5) is 17.1 Å². The number of anilines is 3. The summed E-state index contributed by atoms with van der Waals surface area (Å²) in [5.41, 5.74) is 4.60. The Morgan fingerprint density at radius 3 is 2.34 bits per heavy atom. The van der Waals surface area contributed by atoms with Crippen molar-refractivity contribution in [2.45, 2.75) is 20.8 Å². The van der Waals surface area contributed by atoms with Crippen LogP contribution >= 0.6 is 0 Å². The summed E-state index contributed by atoms with van der Waals surface area (Å²) < 4.78 is 6.98. The van der Waals surface area contributed by atoms with Gasteiger partial charge in [0.05, 0.1) is 0 Å². The van der Waals surface area contributed by atoms with Gasteiger partial charge in [-0.3, -0.25) is 9.59 Å². The molecule has 10 nitrogen and oxygen atoms in total. The molecule has 0 saturated carbocycles. The number of carbonyl (C=O) groups excluding carboxylic acids is 2. The molecule has 1 fully saturated rings. The first-order valence-electron chi connectivity index (χ1n) is 12.5. The van der Waals surface area contributed by atoms with Crippen LogP contribution in [0.1, 0.15) is 38.0 Å². The van der Waals surface area contributed by atoms with E-state index in [-0.39, 0.29) is 17.5 Å². The van der Waals surface area contributed by atoms with Gasteiger partial charge in [0.15, 0.2) is 5.69 Å². The fraction of sp³-hybridized carbons (Fsp3) is 0.286. The summed E-state index contributed by atoms with van der Waals surface area (Å²) in [6.45, 7) is 9.23. The molecule has 0 spiro atoms. The Morgan fingerprint density at radius 1 is 0.895 bits per heavy atom. The van der Waals surface area contributed by atoms with E-state index < -0.39 is 0 Å². The highest BCUT2D eigenvalue weighted by Crippen LogP contribution is 2.26. The summed E-state index contributed by atoms with van der Waals surface area (Å²) in [6.07, 6.45) is 3.64. The van der Waals surface area contributed by atoms with Crippen molar-refractivity contribution >= 4 is 28.9 Å². The lowest BCUT2D eigenvalue weighted by atomic mass is 10.1. The maximum Gasteiger partial charge on any atom is 0.277 e. The van der Waals surface area contributed by atoms with Crippen molar-refractivity contribution in [3.63, 3.8) is 0 Å². The fourth-order valence-corrected chi connectivity index (χ4v) is 4.46. The van der Waals surface area contributed by atoms with E-state index in [2.05, 4.69) is 43.7 Å². The molecule has 2 aromatic heterocycles. The van der Waals surface area contributed by atoms with E-state index in [1.807, 2.05) is 48.9 Å².